The van der Waals surface area contributed by atoms with Gasteiger partial charge < -0.3 is 15.4 Å². The van der Waals surface area contributed by atoms with E-state index in [4.69, 9.17) is 4.74 Å². The molecule has 2 atom stereocenters. The Morgan fingerprint density at radius 1 is 1.06 bits per heavy atom. The van der Waals surface area contributed by atoms with Crippen LogP contribution >= 0.6 is 0 Å². The highest BCUT2D eigenvalue weighted by Crippen LogP contribution is 2.41. The van der Waals surface area contributed by atoms with Crippen molar-refractivity contribution in [1.29, 1.82) is 0 Å². The summed E-state index contributed by atoms with van der Waals surface area (Å²) in [5, 5.41) is 13.4. The number of H-pyrrole nitrogens is 1. The molecule has 0 spiro atoms. The third kappa shape index (κ3) is 3.91. The van der Waals surface area contributed by atoms with Crippen molar-refractivity contribution in [3.8, 4) is 17.0 Å². The van der Waals surface area contributed by atoms with Crippen LogP contribution in [0.2, 0.25) is 0 Å². The summed E-state index contributed by atoms with van der Waals surface area (Å²) in [6.45, 7) is 0. The van der Waals surface area contributed by atoms with Gasteiger partial charge in [0, 0.05) is 36.2 Å². The normalized spacial score (nSPS) is 16.9. The van der Waals surface area contributed by atoms with E-state index in [1.807, 2.05) is 36.4 Å². The number of rotatable bonds is 6. The number of pyridine rings is 1. The topological polar surface area (TPSA) is 109 Å². The van der Waals surface area contributed by atoms with E-state index in [9.17, 15) is 9.59 Å². The van der Waals surface area contributed by atoms with E-state index < -0.39 is 0 Å². The molecule has 2 aromatic carbocycles. The summed E-state index contributed by atoms with van der Waals surface area (Å²) in [6, 6.07) is 17.6. The van der Waals surface area contributed by atoms with Gasteiger partial charge in [-0.1, -0.05) is 36.4 Å². The lowest BCUT2D eigenvalue weighted by Crippen LogP contribution is -2.27. The monoisotopic (exact) mass is 441 g/mol. The molecule has 2 amide bonds. The molecule has 2 aromatic heterocycles. The Bertz CT molecular complexity index is 1350. The van der Waals surface area contributed by atoms with Crippen LogP contribution in [0.3, 0.4) is 0 Å². The highest BCUT2D eigenvalue weighted by molar-refractivity contribution is 6.05. The standard InChI is InChI=1S/C25H23N5O3/c1-26-24(32)22-17-9-8-15(11-21(17)29-30-22)16-10-19(25(33-2)27-13-16)23(31)28-20-12-18(20)14-6-4-3-5-7-14/h3-11,13,18,20H,12H2,1-2H3,(H,26,32)(H,28,31)(H,29,30)/t18-,20+/m0/s1. The summed E-state index contributed by atoms with van der Waals surface area (Å²) in [6.07, 6.45) is 2.58. The first-order valence-corrected chi connectivity index (χ1v) is 10.7. The quantitative estimate of drug-likeness (QED) is 0.426. The van der Waals surface area contributed by atoms with E-state index in [1.165, 1.54) is 12.7 Å². The fourth-order valence-corrected chi connectivity index (χ4v) is 4.10. The van der Waals surface area contributed by atoms with Gasteiger partial charge in [0.05, 0.1) is 12.6 Å². The Morgan fingerprint density at radius 2 is 1.88 bits per heavy atom. The SMILES string of the molecule is CNC(=O)c1n[nH]c2cc(-c3cnc(OC)c(C(=O)N[C@@H]4C[C@H]4c4ccccc4)c3)ccc12. The fraction of sp³-hybridized carbons (Fsp3) is 0.200. The predicted molar refractivity (Wildman–Crippen MR) is 124 cm³/mol. The molecule has 0 unspecified atom stereocenters. The van der Waals surface area contributed by atoms with Crippen LogP contribution in [-0.4, -0.2) is 47.2 Å². The summed E-state index contributed by atoms with van der Waals surface area (Å²) < 4.78 is 5.35. The van der Waals surface area contributed by atoms with Gasteiger partial charge in [-0.25, -0.2) is 4.98 Å². The molecule has 8 nitrogen and oxygen atoms in total. The van der Waals surface area contributed by atoms with Crippen LogP contribution < -0.4 is 15.4 Å². The van der Waals surface area contributed by atoms with Crippen molar-refractivity contribution in [2.24, 2.45) is 0 Å². The van der Waals surface area contributed by atoms with Gasteiger partial charge >= 0.3 is 0 Å². The number of hydrogen-bond acceptors (Lipinski definition) is 5. The first kappa shape index (κ1) is 20.7. The second-order valence-electron chi connectivity index (χ2n) is 8.03. The lowest BCUT2D eigenvalue weighted by molar-refractivity contribution is 0.0942. The Balaban J connectivity index is 1.40. The molecule has 0 radical (unpaired) electrons. The highest BCUT2D eigenvalue weighted by Gasteiger charge is 2.39. The summed E-state index contributed by atoms with van der Waals surface area (Å²) in [5.74, 6) is 0.134. The predicted octanol–water partition coefficient (Wildman–Crippen LogP) is 3.28. The number of fused-ring (bicyclic) bond motifs is 1. The van der Waals surface area contributed by atoms with Crippen molar-refractivity contribution in [2.75, 3.05) is 14.2 Å². The van der Waals surface area contributed by atoms with E-state index in [0.717, 1.165) is 28.5 Å². The van der Waals surface area contributed by atoms with Gasteiger partial charge in [0.1, 0.15) is 5.56 Å². The molecule has 2 heterocycles. The van der Waals surface area contributed by atoms with E-state index >= 15 is 0 Å². The lowest BCUT2D eigenvalue weighted by Gasteiger charge is -2.11. The summed E-state index contributed by atoms with van der Waals surface area (Å²) >= 11 is 0. The van der Waals surface area contributed by atoms with Crippen molar-refractivity contribution >= 4 is 22.7 Å². The van der Waals surface area contributed by atoms with Crippen LogP contribution in [-0.2, 0) is 0 Å². The second kappa shape index (κ2) is 8.38. The molecule has 0 bridgehead atoms. The molecule has 0 aliphatic heterocycles. The zero-order valence-corrected chi connectivity index (χ0v) is 18.3. The molecule has 33 heavy (non-hydrogen) atoms. The van der Waals surface area contributed by atoms with Crippen molar-refractivity contribution < 1.29 is 14.3 Å². The molecule has 5 rings (SSSR count). The lowest BCUT2D eigenvalue weighted by atomic mass is 10.0. The largest absolute Gasteiger partial charge is 0.480 e. The number of hydrogen-bond donors (Lipinski definition) is 3. The van der Waals surface area contributed by atoms with Crippen LogP contribution in [0.15, 0.2) is 60.8 Å². The highest BCUT2D eigenvalue weighted by atomic mass is 16.5. The van der Waals surface area contributed by atoms with E-state index in [-0.39, 0.29) is 23.7 Å². The molecule has 4 aromatic rings. The molecule has 1 aliphatic rings. The fourth-order valence-electron chi connectivity index (χ4n) is 4.10. The summed E-state index contributed by atoms with van der Waals surface area (Å²) in [4.78, 5) is 29.4. The Morgan fingerprint density at radius 3 is 2.64 bits per heavy atom. The smallest absolute Gasteiger partial charge is 0.272 e. The minimum atomic E-state index is -0.257. The maximum absolute atomic E-state index is 13.1. The molecular weight excluding hydrogens is 418 g/mol. The number of ether oxygens (including phenoxy) is 1. The van der Waals surface area contributed by atoms with Gasteiger partial charge in [0.15, 0.2) is 5.69 Å². The van der Waals surface area contributed by atoms with Crippen LogP contribution in [0.4, 0.5) is 0 Å². The minimum Gasteiger partial charge on any atom is -0.480 e. The minimum absolute atomic E-state index is 0.0951. The van der Waals surface area contributed by atoms with Crippen LogP contribution in [0.1, 0.15) is 38.7 Å². The van der Waals surface area contributed by atoms with Crippen LogP contribution in [0, 0.1) is 0 Å². The number of methoxy groups -OCH3 is 1. The van der Waals surface area contributed by atoms with Gasteiger partial charge in [-0.2, -0.15) is 5.10 Å². The molecule has 1 fully saturated rings. The Kier molecular flexibility index (Phi) is 5.26. The number of carbonyl (C=O) groups is 2. The van der Waals surface area contributed by atoms with Gasteiger partial charge in [-0.3, -0.25) is 14.7 Å². The van der Waals surface area contributed by atoms with Crippen molar-refractivity contribution in [2.45, 2.75) is 18.4 Å². The number of benzene rings is 2. The average molecular weight is 441 g/mol. The number of nitrogens with zero attached hydrogens (tertiary/aromatic N) is 2. The van der Waals surface area contributed by atoms with Gasteiger partial charge in [-0.05, 0) is 35.7 Å². The molecule has 1 aliphatic carbocycles. The molecule has 0 saturated heterocycles. The molecule has 1 saturated carbocycles. The van der Waals surface area contributed by atoms with E-state index in [2.05, 4.69) is 37.9 Å². The Labute approximate surface area is 190 Å². The second-order valence-corrected chi connectivity index (χ2v) is 8.03. The molecular formula is C25H23N5O3. The zero-order chi connectivity index (χ0) is 22.9. The average Bonchev–Trinajstić information content (AvgIpc) is 3.50. The van der Waals surface area contributed by atoms with Crippen LogP contribution in [0.25, 0.3) is 22.0 Å². The Hall–Kier alpha value is -4.20. The number of aromatic amines is 1. The first-order chi connectivity index (χ1) is 16.1. The van der Waals surface area contributed by atoms with E-state index in [0.29, 0.717) is 17.2 Å². The van der Waals surface area contributed by atoms with Gasteiger partial charge in [0.25, 0.3) is 11.8 Å². The molecule has 166 valence electrons. The third-order valence-electron chi connectivity index (χ3n) is 5.96. The number of nitrogens with one attached hydrogen (secondary N) is 3. The number of aromatic nitrogens is 3. The maximum atomic E-state index is 13.1. The summed E-state index contributed by atoms with van der Waals surface area (Å²) in [7, 11) is 3.07. The third-order valence-corrected chi connectivity index (χ3v) is 5.96. The first-order valence-electron chi connectivity index (χ1n) is 10.7. The van der Waals surface area contributed by atoms with Gasteiger partial charge in [-0.15, -0.1) is 0 Å². The van der Waals surface area contributed by atoms with E-state index in [1.54, 1.807) is 19.3 Å². The van der Waals surface area contributed by atoms with Crippen molar-refractivity contribution in [1.82, 2.24) is 25.8 Å². The molecule has 3 N–H and O–H groups in total. The van der Waals surface area contributed by atoms with Crippen molar-refractivity contribution in [3.63, 3.8) is 0 Å². The number of amides is 2. The van der Waals surface area contributed by atoms with Crippen LogP contribution in [0.5, 0.6) is 5.88 Å². The zero-order valence-electron chi connectivity index (χ0n) is 18.3. The van der Waals surface area contributed by atoms with Crippen molar-refractivity contribution in [3.05, 3.63) is 77.6 Å². The summed E-state index contributed by atoms with van der Waals surface area (Å²) in [5.41, 5.74) is 4.26. The van der Waals surface area contributed by atoms with Gasteiger partial charge in [0.2, 0.25) is 5.88 Å². The maximum Gasteiger partial charge on any atom is 0.272 e. The number of carbonyl (C=O) groups excluding carboxylic acids is 2. The molecule has 8 heteroatoms.